The summed E-state index contributed by atoms with van der Waals surface area (Å²) < 4.78 is 55.8. The summed E-state index contributed by atoms with van der Waals surface area (Å²) in [6.07, 6.45) is -7.56. The number of halogens is 4. The highest BCUT2D eigenvalue weighted by atomic mass is 19.4. The molecule has 2 rings (SSSR count). The van der Waals surface area contributed by atoms with Crippen LogP contribution < -0.4 is 4.74 Å². The van der Waals surface area contributed by atoms with Crippen LogP contribution in [0.4, 0.5) is 17.6 Å². The monoisotopic (exact) mass is 286 g/mol. The minimum absolute atomic E-state index is 0.214. The van der Waals surface area contributed by atoms with Crippen LogP contribution in [0.3, 0.4) is 0 Å². The molecule has 0 amide bonds. The van der Waals surface area contributed by atoms with Crippen LogP contribution in [0.5, 0.6) is 11.5 Å². The van der Waals surface area contributed by atoms with E-state index in [0.29, 0.717) is 11.8 Å². The molecule has 0 bridgehead atoms. The topological polar surface area (TPSA) is 29.5 Å². The van der Waals surface area contributed by atoms with Gasteiger partial charge in [-0.25, -0.2) is 4.39 Å². The zero-order valence-corrected chi connectivity index (χ0v) is 10.1. The standard InChI is InChI=1S/C14H10F4O2/c15-11-8-9(13(19)14(16,17)18)6-7-12(11)20-10-4-2-1-3-5-10/h1-8,13,19H. The van der Waals surface area contributed by atoms with E-state index in [1.165, 1.54) is 0 Å². The number of para-hydroxylation sites is 1. The predicted octanol–water partition coefficient (Wildman–Crippen LogP) is 4.21. The number of benzene rings is 2. The summed E-state index contributed by atoms with van der Waals surface area (Å²) in [5.74, 6) is -0.834. The van der Waals surface area contributed by atoms with Crippen LogP contribution in [0, 0.1) is 5.82 Å². The van der Waals surface area contributed by atoms with Crippen LogP contribution in [0.2, 0.25) is 0 Å². The number of aliphatic hydroxyl groups is 1. The van der Waals surface area contributed by atoms with Gasteiger partial charge in [0.15, 0.2) is 17.7 Å². The Kier molecular flexibility index (Phi) is 3.94. The molecule has 2 aromatic carbocycles. The molecule has 20 heavy (non-hydrogen) atoms. The van der Waals surface area contributed by atoms with Gasteiger partial charge in [-0.05, 0) is 29.8 Å². The molecule has 2 aromatic rings. The molecule has 0 aliphatic carbocycles. The first-order valence-corrected chi connectivity index (χ1v) is 5.65. The summed E-state index contributed by atoms with van der Waals surface area (Å²) >= 11 is 0. The van der Waals surface area contributed by atoms with E-state index in [4.69, 9.17) is 9.84 Å². The van der Waals surface area contributed by atoms with Crippen molar-refractivity contribution in [3.63, 3.8) is 0 Å². The lowest BCUT2D eigenvalue weighted by Crippen LogP contribution is -2.20. The summed E-state index contributed by atoms with van der Waals surface area (Å²) in [7, 11) is 0. The molecule has 0 saturated heterocycles. The van der Waals surface area contributed by atoms with Crippen LogP contribution >= 0.6 is 0 Å². The van der Waals surface area contributed by atoms with Gasteiger partial charge in [0.25, 0.3) is 0 Å². The van der Waals surface area contributed by atoms with Gasteiger partial charge in [0.2, 0.25) is 0 Å². The van der Waals surface area contributed by atoms with Crippen molar-refractivity contribution >= 4 is 0 Å². The lowest BCUT2D eigenvalue weighted by atomic mass is 10.1. The molecule has 0 radical (unpaired) electrons. The van der Waals surface area contributed by atoms with Crippen molar-refractivity contribution in [2.75, 3.05) is 0 Å². The fourth-order valence-electron chi connectivity index (χ4n) is 1.57. The van der Waals surface area contributed by atoms with Gasteiger partial charge in [-0.3, -0.25) is 0 Å². The van der Waals surface area contributed by atoms with E-state index in [1.807, 2.05) is 0 Å². The zero-order valence-electron chi connectivity index (χ0n) is 10.1. The molecule has 1 unspecified atom stereocenters. The first-order chi connectivity index (χ1) is 9.38. The number of hydrogen-bond acceptors (Lipinski definition) is 2. The minimum Gasteiger partial charge on any atom is -0.454 e. The highest BCUT2D eigenvalue weighted by Gasteiger charge is 2.39. The average molecular weight is 286 g/mol. The summed E-state index contributed by atoms with van der Waals surface area (Å²) in [5, 5.41) is 9.03. The maximum Gasteiger partial charge on any atom is 0.418 e. The van der Waals surface area contributed by atoms with E-state index < -0.39 is 23.7 Å². The summed E-state index contributed by atoms with van der Waals surface area (Å²) in [6, 6.07) is 10.9. The molecule has 2 nitrogen and oxygen atoms in total. The van der Waals surface area contributed by atoms with Crippen LogP contribution in [-0.4, -0.2) is 11.3 Å². The Hall–Kier alpha value is -2.08. The maximum atomic E-state index is 13.7. The Morgan fingerprint density at radius 1 is 1.00 bits per heavy atom. The normalized spacial score (nSPS) is 13.1. The van der Waals surface area contributed by atoms with Crippen molar-refractivity contribution in [3.05, 3.63) is 59.9 Å². The quantitative estimate of drug-likeness (QED) is 0.856. The van der Waals surface area contributed by atoms with Gasteiger partial charge >= 0.3 is 6.18 Å². The zero-order chi connectivity index (χ0) is 14.8. The Labute approximate surface area is 112 Å². The number of aliphatic hydroxyl groups excluding tert-OH is 1. The molecule has 1 atom stereocenters. The number of alkyl halides is 3. The van der Waals surface area contributed by atoms with Gasteiger partial charge in [0, 0.05) is 0 Å². The van der Waals surface area contributed by atoms with Gasteiger partial charge in [0.1, 0.15) is 5.75 Å². The average Bonchev–Trinajstić information content (AvgIpc) is 2.40. The van der Waals surface area contributed by atoms with Crippen molar-refractivity contribution < 1.29 is 27.4 Å². The second-order valence-corrected chi connectivity index (χ2v) is 4.05. The summed E-state index contributed by atoms with van der Waals surface area (Å²) in [6.45, 7) is 0. The molecule has 1 N–H and O–H groups in total. The number of rotatable bonds is 3. The Bertz CT molecular complexity index is 581. The smallest absolute Gasteiger partial charge is 0.418 e. The van der Waals surface area contributed by atoms with Crippen molar-refractivity contribution in [3.8, 4) is 11.5 Å². The van der Waals surface area contributed by atoms with Crippen LogP contribution in [-0.2, 0) is 0 Å². The Morgan fingerprint density at radius 3 is 2.20 bits per heavy atom. The maximum absolute atomic E-state index is 13.7. The van der Waals surface area contributed by atoms with Gasteiger partial charge in [0.05, 0.1) is 0 Å². The molecule has 6 heteroatoms. The van der Waals surface area contributed by atoms with Crippen molar-refractivity contribution in [2.24, 2.45) is 0 Å². The van der Waals surface area contributed by atoms with Crippen molar-refractivity contribution in [1.82, 2.24) is 0 Å². The molecule has 0 heterocycles. The van der Waals surface area contributed by atoms with Gasteiger partial charge < -0.3 is 9.84 Å². The highest BCUT2D eigenvalue weighted by Crippen LogP contribution is 2.34. The molecule has 0 fully saturated rings. The van der Waals surface area contributed by atoms with Crippen molar-refractivity contribution in [2.45, 2.75) is 12.3 Å². The Morgan fingerprint density at radius 2 is 1.65 bits per heavy atom. The third-order valence-electron chi connectivity index (χ3n) is 2.55. The third kappa shape index (κ3) is 3.27. The largest absolute Gasteiger partial charge is 0.454 e. The van der Waals surface area contributed by atoms with Crippen LogP contribution in [0.25, 0.3) is 0 Å². The van der Waals surface area contributed by atoms with Crippen LogP contribution in [0.1, 0.15) is 11.7 Å². The molecule has 0 aliphatic rings. The van der Waals surface area contributed by atoms with E-state index in [2.05, 4.69) is 0 Å². The van der Waals surface area contributed by atoms with Gasteiger partial charge in [-0.15, -0.1) is 0 Å². The lowest BCUT2D eigenvalue weighted by Gasteiger charge is -2.15. The SMILES string of the molecule is OC(c1ccc(Oc2ccccc2)c(F)c1)C(F)(F)F. The summed E-state index contributed by atoms with van der Waals surface area (Å²) in [5.41, 5.74) is -0.574. The van der Waals surface area contributed by atoms with Gasteiger partial charge in [-0.2, -0.15) is 13.2 Å². The molecule has 106 valence electrons. The van der Waals surface area contributed by atoms with E-state index in [-0.39, 0.29) is 5.75 Å². The predicted molar refractivity (Wildman–Crippen MR) is 63.9 cm³/mol. The minimum atomic E-state index is -4.84. The molecular formula is C14H10F4O2. The molecule has 0 aliphatic heterocycles. The number of hydrogen-bond donors (Lipinski definition) is 1. The van der Waals surface area contributed by atoms with Crippen molar-refractivity contribution in [1.29, 1.82) is 0 Å². The number of ether oxygens (including phenoxy) is 1. The van der Waals surface area contributed by atoms with E-state index in [9.17, 15) is 17.6 Å². The molecule has 0 spiro atoms. The Balaban J connectivity index is 2.22. The molecular weight excluding hydrogens is 276 g/mol. The fraction of sp³-hybridized carbons (Fsp3) is 0.143. The molecule has 0 aromatic heterocycles. The van der Waals surface area contributed by atoms with E-state index >= 15 is 0 Å². The van der Waals surface area contributed by atoms with E-state index in [0.717, 1.165) is 12.1 Å². The second kappa shape index (κ2) is 5.50. The third-order valence-corrected chi connectivity index (χ3v) is 2.55. The summed E-state index contributed by atoms with van der Waals surface area (Å²) in [4.78, 5) is 0. The fourth-order valence-corrected chi connectivity index (χ4v) is 1.57. The van der Waals surface area contributed by atoms with Gasteiger partial charge in [-0.1, -0.05) is 24.3 Å². The first-order valence-electron chi connectivity index (χ1n) is 5.65. The van der Waals surface area contributed by atoms with E-state index in [1.54, 1.807) is 30.3 Å². The second-order valence-electron chi connectivity index (χ2n) is 4.05. The lowest BCUT2D eigenvalue weighted by molar-refractivity contribution is -0.206. The first kappa shape index (κ1) is 14.3. The van der Waals surface area contributed by atoms with Crippen LogP contribution in [0.15, 0.2) is 48.5 Å². The molecule has 0 saturated carbocycles. The highest BCUT2D eigenvalue weighted by molar-refractivity contribution is 5.35.